The minimum absolute atomic E-state index is 0. The topological polar surface area (TPSA) is 69.1 Å². The number of aryl methyl sites for hydroxylation is 1. The number of aliphatic hydroxyl groups is 1. The summed E-state index contributed by atoms with van der Waals surface area (Å²) in [5, 5.41) is 17.4. The van der Waals surface area contributed by atoms with Gasteiger partial charge >= 0.3 is 0 Å². The highest BCUT2D eigenvalue weighted by Gasteiger charge is 2.20. The Hall–Kier alpha value is -1.84. The van der Waals surface area contributed by atoms with Crippen LogP contribution in [0, 0.1) is 6.92 Å². The number of nitrogens with one attached hydrogen (secondary N) is 2. The Morgan fingerprint density at radius 3 is 2.47 bits per heavy atom. The molecular formula is C25H37IN4O2. The summed E-state index contributed by atoms with van der Waals surface area (Å²) < 4.78 is 5.18. The Labute approximate surface area is 209 Å². The third-order valence-corrected chi connectivity index (χ3v) is 5.85. The zero-order valence-corrected chi connectivity index (χ0v) is 21.7. The SMILES string of the molecule is CCNC(=NCC(O)c1ccc(OC)cc1)NC1CCN(Cc2ccccc2C)CC1.I. The van der Waals surface area contributed by atoms with E-state index in [2.05, 4.69) is 58.6 Å². The molecule has 0 saturated carbocycles. The van der Waals surface area contributed by atoms with E-state index in [9.17, 15) is 5.11 Å². The quantitative estimate of drug-likeness (QED) is 0.264. The molecule has 3 rings (SSSR count). The molecular weight excluding hydrogens is 515 g/mol. The minimum atomic E-state index is -0.641. The predicted octanol–water partition coefficient (Wildman–Crippen LogP) is 3.87. The molecule has 0 radical (unpaired) electrons. The molecule has 3 N–H and O–H groups in total. The molecule has 0 bridgehead atoms. The fraction of sp³-hybridized carbons (Fsp3) is 0.480. The molecule has 0 spiro atoms. The molecule has 32 heavy (non-hydrogen) atoms. The van der Waals surface area contributed by atoms with E-state index in [0.29, 0.717) is 12.6 Å². The fourth-order valence-electron chi connectivity index (χ4n) is 3.89. The van der Waals surface area contributed by atoms with Gasteiger partial charge in [-0.25, -0.2) is 0 Å². The average Bonchev–Trinajstić information content (AvgIpc) is 2.80. The fourth-order valence-corrected chi connectivity index (χ4v) is 3.89. The summed E-state index contributed by atoms with van der Waals surface area (Å²) in [5.41, 5.74) is 3.61. The molecule has 1 aliphatic rings. The molecule has 1 fully saturated rings. The first-order chi connectivity index (χ1) is 15.1. The van der Waals surface area contributed by atoms with Crippen LogP contribution in [0.4, 0.5) is 0 Å². The first-order valence-electron chi connectivity index (χ1n) is 11.2. The highest BCUT2D eigenvalue weighted by Crippen LogP contribution is 2.18. The third kappa shape index (κ3) is 7.94. The molecule has 0 aromatic heterocycles. The maximum Gasteiger partial charge on any atom is 0.191 e. The van der Waals surface area contributed by atoms with Gasteiger partial charge in [0.05, 0.1) is 19.8 Å². The van der Waals surface area contributed by atoms with Crippen LogP contribution in [0.2, 0.25) is 0 Å². The van der Waals surface area contributed by atoms with Gasteiger partial charge in [0.2, 0.25) is 0 Å². The van der Waals surface area contributed by atoms with Gasteiger partial charge in [-0.15, -0.1) is 24.0 Å². The van der Waals surface area contributed by atoms with Gasteiger partial charge in [-0.3, -0.25) is 9.89 Å². The monoisotopic (exact) mass is 552 g/mol. The molecule has 1 aliphatic heterocycles. The number of halogens is 1. The Bertz CT molecular complexity index is 836. The number of hydrogen-bond acceptors (Lipinski definition) is 4. The van der Waals surface area contributed by atoms with Crippen LogP contribution < -0.4 is 15.4 Å². The molecule has 6 nitrogen and oxygen atoms in total. The number of piperidine rings is 1. The van der Waals surface area contributed by atoms with Gasteiger partial charge in [0.25, 0.3) is 0 Å². The largest absolute Gasteiger partial charge is 0.497 e. The Balaban J connectivity index is 0.00000363. The minimum Gasteiger partial charge on any atom is -0.497 e. The van der Waals surface area contributed by atoms with E-state index in [1.807, 2.05) is 24.3 Å². The molecule has 0 aliphatic carbocycles. The lowest BCUT2D eigenvalue weighted by Crippen LogP contribution is -2.48. The third-order valence-electron chi connectivity index (χ3n) is 5.85. The summed E-state index contributed by atoms with van der Waals surface area (Å²) in [4.78, 5) is 7.15. The number of nitrogens with zero attached hydrogens (tertiary/aromatic N) is 2. The van der Waals surface area contributed by atoms with Crippen molar-refractivity contribution in [3.8, 4) is 5.75 Å². The van der Waals surface area contributed by atoms with Crippen LogP contribution in [-0.2, 0) is 6.54 Å². The smallest absolute Gasteiger partial charge is 0.191 e. The summed E-state index contributed by atoms with van der Waals surface area (Å²) in [6, 6.07) is 16.5. The number of likely N-dealkylation sites (tertiary alicyclic amines) is 1. The van der Waals surface area contributed by atoms with Crippen molar-refractivity contribution >= 4 is 29.9 Å². The number of guanidine groups is 1. The van der Waals surface area contributed by atoms with Crippen LogP contribution >= 0.6 is 24.0 Å². The summed E-state index contributed by atoms with van der Waals surface area (Å²) in [7, 11) is 1.64. The van der Waals surface area contributed by atoms with Gasteiger partial charge < -0.3 is 20.5 Å². The molecule has 2 aromatic rings. The normalized spacial score (nSPS) is 16.2. The van der Waals surface area contributed by atoms with Gasteiger partial charge in [0.1, 0.15) is 5.75 Å². The van der Waals surface area contributed by atoms with Gasteiger partial charge in [-0.2, -0.15) is 0 Å². The van der Waals surface area contributed by atoms with Crippen molar-refractivity contribution in [3.63, 3.8) is 0 Å². The van der Waals surface area contributed by atoms with Crippen molar-refractivity contribution in [2.45, 2.75) is 45.4 Å². The number of hydrogen-bond donors (Lipinski definition) is 3. The van der Waals surface area contributed by atoms with E-state index >= 15 is 0 Å². The standard InChI is InChI=1S/C25H36N4O2.HI/c1-4-26-25(27-17-24(30)20-9-11-23(31-3)12-10-20)28-22-13-15-29(16-14-22)18-21-8-6-5-7-19(21)2;/h5-12,22,24,30H,4,13-18H2,1-3H3,(H2,26,27,28);1H. The molecule has 1 atom stereocenters. The Kier molecular flexibility index (Phi) is 11.3. The number of ether oxygens (including phenoxy) is 1. The highest BCUT2D eigenvalue weighted by atomic mass is 127. The molecule has 7 heteroatoms. The first kappa shape index (κ1) is 26.4. The van der Waals surface area contributed by atoms with Crippen LogP contribution in [-0.4, -0.2) is 55.3 Å². The maximum atomic E-state index is 10.5. The molecule has 0 amide bonds. The lowest BCUT2D eigenvalue weighted by Gasteiger charge is -2.33. The number of aliphatic hydroxyl groups excluding tert-OH is 1. The maximum absolute atomic E-state index is 10.5. The van der Waals surface area contributed by atoms with E-state index in [0.717, 1.165) is 56.3 Å². The van der Waals surface area contributed by atoms with Crippen molar-refractivity contribution in [2.24, 2.45) is 4.99 Å². The average molecular weight is 553 g/mol. The predicted molar refractivity (Wildman–Crippen MR) is 142 cm³/mol. The van der Waals surface area contributed by atoms with E-state index in [-0.39, 0.29) is 24.0 Å². The van der Waals surface area contributed by atoms with Crippen LogP contribution in [0.5, 0.6) is 5.75 Å². The van der Waals surface area contributed by atoms with Gasteiger partial charge in [0.15, 0.2) is 5.96 Å². The molecule has 1 unspecified atom stereocenters. The molecule has 176 valence electrons. The van der Waals surface area contributed by atoms with Crippen molar-refractivity contribution in [1.82, 2.24) is 15.5 Å². The van der Waals surface area contributed by atoms with Crippen LogP contribution in [0.15, 0.2) is 53.5 Å². The van der Waals surface area contributed by atoms with Crippen LogP contribution in [0.1, 0.15) is 42.6 Å². The van der Waals surface area contributed by atoms with E-state index < -0.39 is 6.10 Å². The Morgan fingerprint density at radius 2 is 1.84 bits per heavy atom. The second-order valence-corrected chi connectivity index (χ2v) is 8.13. The van der Waals surface area contributed by atoms with Crippen LogP contribution in [0.3, 0.4) is 0 Å². The van der Waals surface area contributed by atoms with Crippen molar-refractivity contribution in [1.29, 1.82) is 0 Å². The van der Waals surface area contributed by atoms with Crippen molar-refractivity contribution in [2.75, 3.05) is 33.3 Å². The lowest BCUT2D eigenvalue weighted by molar-refractivity contribution is 0.186. The summed E-state index contributed by atoms with van der Waals surface area (Å²) in [6.07, 6.45) is 1.52. The van der Waals surface area contributed by atoms with E-state index in [1.54, 1.807) is 7.11 Å². The van der Waals surface area contributed by atoms with E-state index in [1.165, 1.54) is 11.1 Å². The van der Waals surface area contributed by atoms with Crippen molar-refractivity contribution in [3.05, 3.63) is 65.2 Å². The summed E-state index contributed by atoms with van der Waals surface area (Å²) in [6.45, 7) is 8.50. The van der Waals surface area contributed by atoms with Crippen LogP contribution in [0.25, 0.3) is 0 Å². The second-order valence-electron chi connectivity index (χ2n) is 8.13. The summed E-state index contributed by atoms with van der Waals surface area (Å²) >= 11 is 0. The zero-order valence-electron chi connectivity index (χ0n) is 19.4. The number of methoxy groups -OCH3 is 1. The van der Waals surface area contributed by atoms with Gasteiger partial charge in [-0.1, -0.05) is 36.4 Å². The zero-order chi connectivity index (χ0) is 22.1. The molecule has 1 heterocycles. The molecule has 2 aromatic carbocycles. The Morgan fingerprint density at radius 1 is 1.16 bits per heavy atom. The van der Waals surface area contributed by atoms with Gasteiger partial charge in [0, 0.05) is 32.2 Å². The summed E-state index contributed by atoms with van der Waals surface area (Å²) in [5.74, 6) is 1.55. The number of aliphatic imine (C=N–C) groups is 1. The lowest BCUT2D eigenvalue weighted by atomic mass is 10.0. The highest BCUT2D eigenvalue weighted by molar-refractivity contribution is 14.0. The first-order valence-corrected chi connectivity index (χ1v) is 11.2. The van der Waals surface area contributed by atoms with Gasteiger partial charge in [-0.05, 0) is 55.5 Å². The second kappa shape index (κ2) is 13.6. The van der Waals surface area contributed by atoms with E-state index in [4.69, 9.17) is 4.74 Å². The number of rotatable bonds is 8. The van der Waals surface area contributed by atoms with Crippen molar-refractivity contribution < 1.29 is 9.84 Å². The number of benzene rings is 2. The molecule has 1 saturated heterocycles.